The molecule has 0 radical (unpaired) electrons. The van der Waals surface area contributed by atoms with Crippen molar-refractivity contribution >= 4 is 35.8 Å². The summed E-state index contributed by atoms with van der Waals surface area (Å²) < 4.78 is 13.1. The van der Waals surface area contributed by atoms with Crippen LogP contribution in [0.25, 0.3) is 0 Å². The van der Waals surface area contributed by atoms with E-state index >= 15 is 0 Å². The minimum absolute atomic E-state index is 0. The number of rotatable bonds is 6. The number of carbonyl (C=O) groups is 1. The second-order valence-corrected chi connectivity index (χ2v) is 7.06. The molecule has 2 aromatic carbocycles. The number of nitrogens with one attached hydrogen (secondary N) is 1. The van der Waals surface area contributed by atoms with Crippen molar-refractivity contribution in [1.82, 2.24) is 10.2 Å². The molecule has 1 aliphatic rings. The minimum atomic E-state index is -0.434. The zero-order valence-corrected chi connectivity index (χ0v) is 18.9. The van der Waals surface area contributed by atoms with Gasteiger partial charge in [0.25, 0.3) is 0 Å². The van der Waals surface area contributed by atoms with E-state index in [1.54, 1.807) is 12.1 Å². The van der Waals surface area contributed by atoms with Crippen LogP contribution in [-0.2, 0) is 24.2 Å². The van der Waals surface area contributed by atoms with E-state index in [2.05, 4.69) is 34.5 Å². The molecule has 1 unspecified atom stereocenters. The van der Waals surface area contributed by atoms with Crippen molar-refractivity contribution in [2.24, 2.45) is 16.6 Å². The van der Waals surface area contributed by atoms with Crippen LogP contribution >= 0.6 is 24.0 Å². The van der Waals surface area contributed by atoms with Gasteiger partial charge in [0.05, 0.1) is 12.5 Å². The number of nitrogens with zero attached hydrogens (tertiary/aromatic N) is 2. The average molecular weight is 510 g/mol. The van der Waals surface area contributed by atoms with E-state index in [0.717, 1.165) is 37.6 Å². The van der Waals surface area contributed by atoms with Gasteiger partial charge in [0.15, 0.2) is 5.96 Å². The number of hydrogen-bond acceptors (Lipinski definition) is 2. The van der Waals surface area contributed by atoms with Crippen LogP contribution in [0.4, 0.5) is 4.39 Å². The molecule has 7 heteroatoms. The van der Waals surface area contributed by atoms with Crippen molar-refractivity contribution in [2.45, 2.75) is 26.3 Å². The van der Waals surface area contributed by atoms with Crippen molar-refractivity contribution in [3.63, 3.8) is 0 Å². The van der Waals surface area contributed by atoms with Gasteiger partial charge in [-0.1, -0.05) is 36.4 Å². The number of fused-ring (bicyclic) bond motifs is 1. The first-order valence-electron chi connectivity index (χ1n) is 9.70. The average Bonchev–Trinajstić information content (AvgIpc) is 2.71. The Balaban J connectivity index is 0.00000300. The maximum absolute atomic E-state index is 13.1. The summed E-state index contributed by atoms with van der Waals surface area (Å²) in [5.41, 5.74) is 9.15. The quantitative estimate of drug-likeness (QED) is 0.357. The third-order valence-electron chi connectivity index (χ3n) is 5.02. The Bertz CT molecular complexity index is 841. The molecule has 0 saturated carbocycles. The molecule has 1 atom stereocenters. The third-order valence-corrected chi connectivity index (χ3v) is 5.02. The van der Waals surface area contributed by atoms with E-state index in [-0.39, 0.29) is 29.8 Å². The number of hydrogen-bond donors (Lipinski definition) is 2. The Morgan fingerprint density at radius 3 is 2.55 bits per heavy atom. The van der Waals surface area contributed by atoms with Crippen molar-refractivity contribution in [1.29, 1.82) is 0 Å². The van der Waals surface area contributed by atoms with Gasteiger partial charge in [0, 0.05) is 19.6 Å². The molecule has 29 heavy (non-hydrogen) atoms. The standard InChI is InChI=1S/C22H27FN4O.HI/c1-2-25-22(27-12-11-17-5-3-4-6-18(17)15-27)26-14-19(21(24)28)13-16-7-9-20(23)10-8-16;/h3-10,19H,2,11-15H2,1H3,(H2,24,28)(H,25,26);1H. The van der Waals surface area contributed by atoms with E-state index in [1.165, 1.54) is 23.3 Å². The molecule has 1 aliphatic heterocycles. The van der Waals surface area contributed by atoms with Crippen LogP contribution in [0, 0.1) is 11.7 Å². The van der Waals surface area contributed by atoms with Gasteiger partial charge in [-0.15, -0.1) is 24.0 Å². The van der Waals surface area contributed by atoms with E-state index in [0.29, 0.717) is 13.0 Å². The lowest BCUT2D eigenvalue weighted by Gasteiger charge is -2.32. The Kier molecular flexibility index (Phi) is 8.88. The maximum atomic E-state index is 13.1. The highest BCUT2D eigenvalue weighted by molar-refractivity contribution is 14.0. The second-order valence-electron chi connectivity index (χ2n) is 7.06. The van der Waals surface area contributed by atoms with Crippen LogP contribution in [0.5, 0.6) is 0 Å². The monoisotopic (exact) mass is 510 g/mol. The first-order chi connectivity index (χ1) is 13.6. The molecule has 0 bridgehead atoms. The fourth-order valence-electron chi connectivity index (χ4n) is 3.46. The van der Waals surface area contributed by atoms with Crippen LogP contribution < -0.4 is 11.1 Å². The molecule has 0 aromatic heterocycles. The summed E-state index contributed by atoms with van der Waals surface area (Å²) >= 11 is 0. The number of amides is 1. The van der Waals surface area contributed by atoms with E-state index < -0.39 is 11.8 Å². The van der Waals surface area contributed by atoms with E-state index in [9.17, 15) is 9.18 Å². The molecule has 0 aliphatic carbocycles. The SMILES string of the molecule is CCNC(=NCC(Cc1ccc(F)cc1)C(N)=O)N1CCc2ccccc2C1.I. The fraction of sp³-hybridized carbons (Fsp3) is 0.364. The maximum Gasteiger partial charge on any atom is 0.222 e. The first kappa shape index (κ1) is 23.1. The van der Waals surface area contributed by atoms with Gasteiger partial charge < -0.3 is 16.0 Å². The van der Waals surface area contributed by atoms with Gasteiger partial charge in [0.2, 0.25) is 5.91 Å². The zero-order chi connectivity index (χ0) is 19.9. The summed E-state index contributed by atoms with van der Waals surface area (Å²) in [6, 6.07) is 14.6. The normalized spacial score (nSPS) is 14.6. The highest BCUT2D eigenvalue weighted by atomic mass is 127. The molecule has 156 valence electrons. The van der Waals surface area contributed by atoms with Gasteiger partial charge in [0.1, 0.15) is 5.82 Å². The van der Waals surface area contributed by atoms with Crippen LogP contribution in [-0.4, -0.2) is 36.4 Å². The van der Waals surface area contributed by atoms with Crippen LogP contribution in [0.1, 0.15) is 23.6 Å². The zero-order valence-electron chi connectivity index (χ0n) is 16.6. The number of aliphatic imine (C=N–C) groups is 1. The number of benzene rings is 2. The summed E-state index contributed by atoms with van der Waals surface area (Å²) in [5.74, 6) is -0.330. The van der Waals surface area contributed by atoms with Crippen LogP contribution in [0.2, 0.25) is 0 Å². The lowest BCUT2D eigenvalue weighted by molar-refractivity contribution is -0.121. The van der Waals surface area contributed by atoms with Crippen molar-refractivity contribution in [3.05, 3.63) is 71.0 Å². The third kappa shape index (κ3) is 6.42. The number of nitrogens with two attached hydrogens (primary N) is 1. The van der Waals surface area contributed by atoms with E-state index in [4.69, 9.17) is 10.7 Å². The molecule has 0 fully saturated rings. The number of primary amides is 1. The van der Waals surface area contributed by atoms with E-state index in [1.807, 2.05) is 6.92 Å². The van der Waals surface area contributed by atoms with Crippen molar-refractivity contribution < 1.29 is 9.18 Å². The lowest BCUT2D eigenvalue weighted by Crippen LogP contribution is -2.44. The lowest BCUT2D eigenvalue weighted by atomic mass is 9.98. The van der Waals surface area contributed by atoms with Gasteiger partial charge in [-0.3, -0.25) is 9.79 Å². The number of guanidine groups is 1. The minimum Gasteiger partial charge on any atom is -0.369 e. The summed E-state index contributed by atoms with van der Waals surface area (Å²) in [5, 5.41) is 3.32. The molecular weight excluding hydrogens is 482 g/mol. The van der Waals surface area contributed by atoms with Crippen LogP contribution in [0.15, 0.2) is 53.5 Å². The highest BCUT2D eigenvalue weighted by Gasteiger charge is 2.21. The molecule has 3 rings (SSSR count). The Morgan fingerprint density at radius 1 is 1.21 bits per heavy atom. The fourth-order valence-corrected chi connectivity index (χ4v) is 3.46. The molecular formula is C22H28FIN4O. The van der Waals surface area contributed by atoms with Crippen molar-refractivity contribution in [2.75, 3.05) is 19.6 Å². The molecule has 5 nitrogen and oxygen atoms in total. The summed E-state index contributed by atoms with van der Waals surface area (Å²) in [4.78, 5) is 18.8. The Labute approximate surface area is 188 Å². The predicted octanol–water partition coefficient (Wildman–Crippen LogP) is 3.11. The molecule has 0 spiro atoms. The molecule has 1 heterocycles. The summed E-state index contributed by atoms with van der Waals surface area (Å²) in [7, 11) is 0. The topological polar surface area (TPSA) is 70.7 Å². The number of halogens is 2. The predicted molar refractivity (Wildman–Crippen MR) is 125 cm³/mol. The van der Waals surface area contributed by atoms with Crippen LogP contribution in [0.3, 0.4) is 0 Å². The molecule has 3 N–H and O–H groups in total. The summed E-state index contributed by atoms with van der Waals surface area (Å²) in [6.07, 6.45) is 1.41. The highest BCUT2D eigenvalue weighted by Crippen LogP contribution is 2.19. The van der Waals surface area contributed by atoms with Gasteiger partial charge in [-0.25, -0.2) is 4.39 Å². The first-order valence-corrected chi connectivity index (χ1v) is 9.70. The Hall–Kier alpha value is -2.16. The van der Waals surface area contributed by atoms with Gasteiger partial charge >= 0.3 is 0 Å². The number of carbonyl (C=O) groups excluding carboxylic acids is 1. The van der Waals surface area contributed by atoms with Crippen molar-refractivity contribution in [3.8, 4) is 0 Å². The summed E-state index contributed by atoms with van der Waals surface area (Å²) in [6.45, 7) is 4.74. The second kappa shape index (κ2) is 11.1. The molecule has 0 saturated heterocycles. The largest absolute Gasteiger partial charge is 0.369 e. The molecule has 2 aromatic rings. The molecule has 1 amide bonds. The Morgan fingerprint density at radius 2 is 1.90 bits per heavy atom. The van der Waals surface area contributed by atoms with Gasteiger partial charge in [-0.05, 0) is 48.6 Å². The van der Waals surface area contributed by atoms with Gasteiger partial charge in [-0.2, -0.15) is 0 Å². The smallest absolute Gasteiger partial charge is 0.222 e.